The van der Waals surface area contributed by atoms with Crippen molar-refractivity contribution in [3.05, 3.63) is 0 Å². The molecule has 0 nitrogen and oxygen atoms in total. The summed E-state index contributed by atoms with van der Waals surface area (Å²) in [6.07, 6.45) is 4.23. The molecule has 0 fully saturated rings. The summed E-state index contributed by atoms with van der Waals surface area (Å²) in [7, 11) is 1.36. The zero-order chi connectivity index (χ0) is 8.20. The minimum Gasteiger partial charge on any atom is -0.0654 e. The SMILES string of the molecule is CCCCC([SiH3])C(C)(C)C. The molecule has 0 aromatic heterocycles. The minimum atomic E-state index is 0.571. The van der Waals surface area contributed by atoms with Crippen LogP contribution in [0, 0.1) is 5.41 Å². The van der Waals surface area contributed by atoms with Gasteiger partial charge in [-0.25, -0.2) is 0 Å². The first kappa shape index (κ1) is 10.2. The van der Waals surface area contributed by atoms with Gasteiger partial charge in [-0.2, -0.15) is 0 Å². The molecule has 0 amide bonds. The van der Waals surface area contributed by atoms with Gasteiger partial charge in [0.05, 0.1) is 0 Å². The first-order valence-electron chi connectivity index (χ1n) is 4.48. The summed E-state index contributed by atoms with van der Waals surface area (Å²) in [4.78, 5) is 0. The van der Waals surface area contributed by atoms with E-state index < -0.39 is 0 Å². The Balaban J connectivity index is 3.52. The van der Waals surface area contributed by atoms with Crippen molar-refractivity contribution in [3.63, 3.8) is 0 Å². The van der Waals surface area contributed by atoms with E-state index >= 15 is 0 Å². The van der Waals surface area contributed by atoms with E-state index in [9.17, 15) is 0 Å². The summed E-state index contributed by atoms with van der Waals surface area (Å²) in [5, 5.41) is 0. The van der Waals surface area contributed by atoms with Gasteiger partial charge in [-0.1, -0.05) is 47.0 Å². The molecule has 1 unspecified atom stereocenters. The molecule has 0 bridgehead atoms. The predicted molar refractivity (Wildman–Crippen MR) is 52.7 cm³/mol. The third-order valence-corrected chi connectivity index (χ3v) is 4.78. The van der Waals surface area contributed by atoms with Gasteiger partial charge in [0, 0.05) is 10.2 Å². The van der Waals surface area contributed by atoms with E-state index in [4.69, 9.17) is 0 Å². The van der Waals surface area contributed by atoms with E-state index in [0.29, 0.717) is 5.41 Å². The van der Waals surface area contributed by atoms with Crippen LogP contribution in [0.5, 0.6) is 0 Å². The van der Waals surface area contributed by atoms with Gasteiger partial charge in [0.15, 0.2) is 0 Å². The number of hydrogen-bond donors (Lipinski definition) is 0. The zero-order valence-electron chi connectivity index (χ0n) is 8.20. The summed E-state index contributed by atoms with van der Waals surface area (Å²) in [5.74, 6) is 0. The zero-order valence-corrected chi connectivity index (χ0v) is 10.2. The van der Waals surface area contributed by atoms with Gasteiger partial charge >= 0.3 is 0 Å². The van der Waals surface area contributed by atoms with Gasteiger partial charge in [0.2, 0.25) is 0 Å². The average Bonchev–Trinajstić information content (AvgIpc) is 1.80. The lowest BCUT2D eigenvalue weighted by Crippen LogP contribution is -2.14. The van der Waals surface area contributed by atoms with Crippen LogP contribution in [0.4, 0.5) is 0 Å². The van der Waals surface area contributed by atoms with Crippen LogP contribution in [0.3, 0.4) is 0 Å². The molecule has 0 aliphatic carbocycles. The van der Waals surface area contributed by atoms with E-state index in [1.54, 1.807) is 0 Å². The highest BCUT2D eigenvalue weighted by atomic mass is 28.1. The van der Waals surface area contributed by atoms with Crippen molar-refractivity contribution in [2.45, 2.75) is 52.5 Å². The van der Waals surface area contributed by atoms with Gasteiger partial charge in [-0.05, 0) is 11.0 Å². The highest BCUT2D eigenvalue weighted by Crippen LogP contribution is 2.32. The second kappa shape index (κ2) is 4.17. The topological polar surface area (TPSA) is 0 Å². The Kier molecular flexibility index (Phi) is 4.26. The third-order valence-electron chi connectivity index (χ3n) is 2.47. The molecule has 0 saturated heterocycles. The lowest BCUT2D eigenvalue weighted by Gasteiger charge is -2.26. The lowest BCUT2D eigenvalue weighted by atomic mass is 9.88. The first-order chi connectivity index (χ1) is 4.48. The fourth-order valence-electron chi connectivity index (χ4n) is 0.943. The number of hydrogen-bond acceptors (Lipinski definition) is 0. The van der Waals surface area contributed by atoms with Crippen molar-refractivity contribution < 1.29 is 0 Å². The summed E-state index contributed by atoms with van der Waals surface area (Å²) in [6, 6.07) is 0. The highest BCUT2D eigenvalue weighted by molar-refractivity contribution is 6.12. The van der Waals surface area contributed by atoms with Crippen LogP contribution in [0.25, 0.3) is 0 Å². The second-order valence-corrected chi connectivity index (χ2v) is 5.80. The standard InChI is InChI=1S/C9H22Si/c1-5-6-7-8(10)9(2,3)4/h8H,5-7H2,1-4,10H3. The molecule has 0 radical (unpaired) electrons. The maximum atomic E-state index is 2.36. The predicted octanol–water partition coefficient (Wildman–Crippen LogP) is 2.38. The summed E-state index contributed by atoms with van der Waals surface area (Å²) in [6.45, 7) is 9.36. The number of unbranched alkanes of at least 4 members (excludes halogenated alkanes) is 1. The molecule has 0 saturated carbocycles. The van der Waals surface area contributed by atoms with Gasteiger partial charge < -0.3 is 0 Å². The molecular weight excluding hydrogens is 136 g/mol. The molecular formula is C9H22Si. The van der Waals surface area contributed by atoms with Gasteiger partial charge in [0.25, 0.3) is 0 Å². The van der Waals surface area contributed by atoms with E-state index in [1.807, 2.05) is 0 Å². The van der Waals surface area contributed by atoms with Crippen LogP contribution >= 0.6 is 0 Å². The van der Waals surface area contributed by atoms with E-state index in [0.717, 1.165) is 5.54 Å². The normalized spacial score (nSPS) is 15.6. The Hall–Kier alpha value is 0.217. The van der Waals surface area contributed by atoms with Crippen molar-refractivity contribution in [3.8, 4) is 0 Å². The average molecular weight is 158 g/mol. The van der Waals surface area contributed by atoms with Crippen LogP contribution in [0.2, 0.25) is 5.54 Å². The summed E-state index contributed by atoms with van der Waals surface area (Å²) in [5.41, 5.74) is 1.58. The second-order valence-electron chi connectivity index (χ2n) is 4.41. The maximum absolute atomic E-state index is 2.36. The molecule has 0 aromatic carbocycles. The van der Waals surface area contributed by atoms with Crippen molar-refractivity contribution >= 4 is 10.2 Å². The smallest absolute Gasteiger partial charge is 0.00739 e. The monoisotopic (exact) mass is 158 g/mol. The van der Waals surface area contributed by atoms with Crippen LogP contribution in [0.1, 0.15) is 47.0 Å². The Morgan fingerprint density at radius 1 is 1.30 bits per heavy atom. The van der Waals surface area contributed by atoms with E-state index in [1.165, 1.54) is 29.5 Å². The van der Waals surface area contributed by atoms with Crippen LogP contribution in [-0.2, 0) is 0 Å². The summed E-state index contributed by atoms with van der Waals surface area (Å²) < 4.78 is 0. The van der Waals surface area contributed by atoms with Crippen LogP contribution in [-0.4, -0.2) is 10.2 Å². The molecule has 1 heteroatoms. The molecule has 0 heterocycles. The largest absolute Gasteiger partial charge is 0.0654 e. The van der Waals surface area contributed by atoms with Gasteiger partial charge in [-0.3, -0.25) is 0 Å². The molecule has 0 aliphatic rings. The van der Waals surface area contributed by atoms with Crippen molar-refractivity contribution in [1.82, 2.24) is 0 Å². The molecule has 10 heavy (non-hydrogen) atoms. The fraction of sp³-hybridized carbons (Fsp3) is 1.00. The highest BCUT2D eigenvalue weighted by Gasteiger charge is 2.18. The maximum Gasteiger partial charge on any atom is 0.00739 e. The minimum absolute atomic E-state index is 0.571. The number of rotatable bonds is 3. The quantitative estimate of drug-likeness (QED) is 0.553. The molecule has 0 aromatic rings. The third kappa shape index (κ3) is 4.10. The van der Waals surface area contributed by atoms with Crippen LogP contribution in [0.15, 0.2) is 0 Å². The fourth-order valence-corrected chi connectivity index (χ4v) is 1.35. The summed E-state index contributed by atoms with van der Waals surface area (Å²) >= 11 is 0. The molecule has 0 N–H and O–H groups in total. The van der Waals surface area contributed by atoms with Crippen LogP contribution < -0.4 is 0 Å². The molecule has 0 aliphatic heterocycles. The molecule has 62 valence electrons. The lowest BCUT2D eigenvalue weighted by molar-refractivity contribution is 0.360. The van der Waals surface area contributed by atoms with E-state index in [-0.39, 0.29) is 0 Å². The molecule has 1 atom stereocenters. The Labute approximate surface area is 68.8 Å². The van der Waals surface area contributed by atoms with Crippen molar-refractivity contribution in [2.75, 3.05) is 0 Å². The van der Waals surface area contributed by atoms with Gasteiger partial charge in [-0.15, -0.1) is 0 Å². The Morgan fingerprint density at radius 3 is 2.10 bits per heavy atom. The van der Waals surface area contributed by atoms with E-state index in [2.05, 4.69) is 27.7 Å². The Morgan fingerprint density at radius 2 is 1.80 bits per heavy atom. The molecule has 0 spiro atoms. The first-order valence-corrected chi connectivity index (χ1v) is 5.64. The van der Waals surface area contributed by atoms with Crippen molar-refractivity contribution in [1.29, 1.82) is 0 Å². The Bertz CT molecular complexity index is 81.2. The van der Waals surface area contributed by atoms with Gasteiger partial charge in [0.1, 0.15) is 0 Å². The van der Waals surface area contributed by atoms with Crippen molar-refractivity contribution in [2.24, 2.45) is 5.41 Å². The molecule has 0 rings (SSSR count).